The van der Waals surface area contributed by atoms with Crippen molar-refractivity contribution in [3.05, 3.63) is 34.2 Å². The fourth-order valence-corrected chi connectivity index (χ4v) is 2.03. The third-order valence-electron chi connectivity index (χ3n) is 2.81. The molecule has 2 N–H and O–H groups in total. The lowest BCUT2D eigenvalue weighted by Gasteiger charge is -2.24. The number of nitrogens with zero attached hydrogens (tertiary/aromatic N) is 2. The Kier molecular flexibility index (Phi) is 4.95. The summed E-state index contributed by atoms with van der Waals surface area (Å²) in [5.74, 6) is 0. The van der Waals surface area contributed by atoms with E-state index < -0.39 is 0 Å². The van der Waals surface area contributed by atoms with Crippen molar-refractivity contribution < 1.29 is 4.74 Å². The predicted molar refractivity (Wildman–Crippen MR) is 74.8 cm³/mol. The number of rotatable bonds is 5. The molecule has 0 saturated carbocycles. The zero-order valence-electron chi connectivity index (χ0n) is 10.6. The third-order valence-corrected chi connectivity index (χ3v) is 3.18. The van der Waals surface area contributed by atoms with E-state index in [1.165, 1.54) is 4.68 Å². The van der Waals surface area contributed by atoms with Crippen LogP contribution in [0, 0.1) is 0 Å². The van der Waals surface area contributed by atoms with Crippen molar-refractivity contribution in [2.75, 3.05) is 31.6 Å². The molecule has 0 spiro atoms. The molecule has 1 saturated heterocycles. The van der Waals surface area contributed by atoms with E-state index in [0.29, 0.717) is 25.4 Å². The van der Waals surface area contributed by atoms with Crippen LogP contribution in [0.2, 0.25) is 5.02 Å². The van der Waals surface area contributed by atoms with E-state index in [2.05, 4.69) is 22.3 Å². The summed E-state index contributed by atoms with van der Waals surface area (Å²) in [5, 5.41) is 10.5. The highest BCUT2D eigenvalue weighted by molar-refractivity contribution is 6.32. The first-order valence-corrected chi connectivity index (χ1v) is 6.53. The summed E-state index contributed by atoms with van der Waals surface area (Å²) in [5.41, 5.74) is 0.204. The van der Waals surface area contributed by atoms with Crippen molar-refractivity contribution in [2.45, 2.75) is 12.6 Å². The standard InChI is InChI=1S/C12H17ClN4O2/c1-2-4-17-12(18)11(13)10(8-16-17)15-7-9-6-14-3-5-19-9/h2,8-9,14-15H,1,3-7H2. The van der Waals surface area contributed by atoms with Crippen LogP contribution in [-0.4, -0.2) is 42.1 Å². The molecule has 2 rings (SSSR count). The van der Waals surface area contributed by atoms with Crippen LogP contribution in [0.3, 0.4) is 0 Å². The molecule has 1 aromatic heterocycles. The Bertz CT molecular complexity index is 497. The van der Waals surface area contributed by atoms with E-state index in [4.69, 9.17) is 16.3 Å². The summed E-state index contributed by atoms with van der Waals surface area (Å²) in [4.78, 5) is 11.9. The van der Waals surface area contributed by atoms with E-state index in [1.54, 1.807) is 12.3 Å². The van der Waals surface area contributed by atoms with Crippen molar-refractivity contribution in [3.8, 4) is 0 Å². The van der Waals surface area contributed by atoms with Crippen LogP contribution >= 0.6 is 11.6 Å². The van der Waals surface area contributed by atoms with Crippen LogP contribution in [0.1, 0.15) is 0 Å². The minimum absolute atomic E-state index is 0.0698. The zero-order valence-corrected chi connectivity index (χ0v) is 11.3. The second kappa shape index (κ2) is 6.70. The van der Waals surface area contributed by atoms with Crippen molar-refractivity contribution >= 4 is 17.3 Å². The smallest absolute Gasteiger partial charge is 0.287 e. The number of allylic oxidation sites excluding steroid dienone is 1. The SMILES string of the molecule is C=CCn1ncc(NCC2CNCCO2)c(Cl)c1=O. The fraction of sp³-hybridized carbons (Fsp3) is 0.500. The number of morpholine rings is 1. The maximum absolute atomic E-state index is 11.9. The number of halogens is 1. The highest BCUT2D eigenvalue weighted by Gasteiger charge is 2.14. The molecule has 0 radical (unpaired) electrons. The monoisotopic (exact) mass is 284 g/mol. The van der Waals surface area contributed by atoms with Crippen LogP contribution in [0.4, 0.5) is 5.69 Å². The van der Waals surface area contributed by atoms with Crippen LogP contribution in [0.5, 0.6) is 0 Å². The Labute approximate surface area is 116 Å². The molecular weight excluding hydrogens is 268 g/mol. The first-order chi connectivity index (χ1) is 9.22. The summed E-state index contributed by atoms with van der Waals surface area (Å²) in [6, 6.07) is 0. The maximum Gasteiger partial charge on any atom is 0.287 e. The van der Waals surface area contributed by atoms with Crippen LogP contribution in [0.25, 0.3) is 0 Å². The lowest BCUT2D eigenvalue weighted by atomic mass is 10.3. The molecule has 1 aliphatic rings. The van der Waals surface area contributed by atoms with Crippen molar-refractivity contribution in [2.24, 2.45) is 0 Å². The van der Waals surface area contributed by atoms with Crippen LogP contribution < -0.4 is 16.2 Å². The van der Waals surface area contributed by atoms with Gasteiger partial charge < -0.3 is 15.4 Å². The van der Waals surface area contributed by atoms with Crippen LogP contribution in [-0.2, 0) is 11.3 Å². The zero-order chi connectivity index (χ0) is 13.7. The molecule has 1 unspecified atom stereocenters. The fourth-order valence-electron chi connectivity index (χ4n) is 1.82. The second-order valence-corrected chi connectivity index (χ2v) is 4.60. The second-order valence-electron chi connectivity index (χ2n) is 4.23. The van der Waals surface area contributed by atoms with Gasteiger partial charge in [-0.1, -0.05) is 17.7 Å². The van der Waals surface area contributed by atoms with Gasteiger partial charge in [-0.05, 0) is 0 Å². The molecular formula is C12H17ClN4O2. The number of anilines is 1. The maximum atomic E-state index is 11.9. The number of nitrogens with one attached hydrogen (secondary N) is 2. The number of hydrogen-bond donors (Lipinski definition) is 2. The molecule has 19 heavy (non-hydrogen) atoms. The molecule has 1 aliphatic heterocycles. The quantitative estimate of drug-likeness (QED) is 0.770. The summed E-state index contributed by atoms with van der Waals surface area (Å²) >= 11 is 6.03. The molecule has 2 heterocycles. The van der Waals surface area contributed by atoms with Crippen molar-refractivity contribution in [1.82, 2.24) is 15.1 Å². The number of ether oxygens (including phenoxy) is 1. The van der Waals surface area contributed by atoms with E-state index in [9.17, 15) is 4.79 Å². The molecule has 0 bridgehead atoms. The lowest BCUT2D eigenvalue weighted by Crippen LogP contribution is -2.42. The Morgan fingerprint density at radius 1 is 1.74 bits per heavy atom. The van der Waals surface area contributed by atoms with E-state index in [-0.39, 0.29) is 16.7 Å². The van der Waals surface area contributed by atoms with Crippen LogP contribution in [0.15, 0.2) is 23.6 Å². The summed E-state index contributed by atoms with van der Waals surface area (Å²) in [7, 11) is 0. The van der Waals surface area contributed by atoms with Gasteiger partial charge in [0.25, 0.3) is 5.56 Å². The number of aromatic nitrogens is 2. The largest absolute Gasteiger partial charge is 0.380 e. The van der Waals surface area contributed by atoms with Gasteiger partial charge in [-0.15, -0.1) is 6.58 Å². The molecule has 0 aliphatic carbocycles. The molecule has 1 atom stereocenters. The van der Waals surface area contributed by atoms with Gasteiger partial charge in [0.15, 0.2) is 0 Å². The molecule has 1 fully saturated rings. The Hall–Kier alpha value is -1.37. The van der Waals surface area contributed by atoms with Crippen molar-refractivity contribution in [1.29, 1.82) is 0 Å². The lowest BCUT2D eigenvalue weighted by molar-refractivity contribution is 0.0372. The molecule has 6 nitrogen and oxygen atoms in total. The van der Waals surface area contributed by atoms with E-state index in [1.807, 2.05) is 0 Å². The first kappa shape index (κ1) is 14.0. The Balaban J connectivity index is 2.02. The molecule has 0 amide bonds. The van der Waals surface area contributed by atoms with Gasteiger partial charge in [0, 0.05) is 19.6 Å². The first-order valence-electron chi connectivity index (χ1n) is 6.15. The molecule has 0 aromatic carbocycles. The summed E-state index contributed by atoms with van der Waals surface area (Å²) in [6.45, 7) is 6.84. The Morgan fingerprint density at radius 2 is 2.58 bits per heavy atom. The topological polar surface area (TPSA) is 68.2 Å². The van der Waals surface area contributed by atoms with Gasteiger partial charge in [0.05, 0.1) is 31.1 Å². The minimum atomic E-state index is -0.325. The van der Waals surface area contributed by atoms with Gasteiger partial charge in [0.1, 0.15) is 5.02 Å². The summed E-state index contributed by atoms with van der Waals surface area (Å²) in [6.07, 6.45) is 3.21. The highest BCUT2D eigenvalue weighted by atomic mass is 35.5. The normalized spacial score (nSPS) is 19.1. The average Bonchev–Trinajstić information content (AvgIpc) is 2.44. The van der Waals surface area contributed by atoms with Gasteiger partial charge in [-0.3, -0.25) is 4.79 Å². The van der Waals surface area contributed by atoms with E-state index >= 15 is 0 Å². The van der Waals surface area contributed by atoms with Gasteiger partial charge in [0.2, 0.25) is 0 Å². The molecule has 1 aromatic rings. The van der Waals surface area contributed by atoms with Crippen molar-refractivity contribution in [3.63, 3.8) is 0 Å². The van der Waals surface area contributed by atoms with Gasteiger partial charge in [-0.2, -0.15) is 5.10 Å². The van der Waals surface area contributed by atoms with Gasteiger partial charge in [-0.25, -0.2) is 4.68 Å². The number of hydrogen-bond acceptors (Lipinski definition) is 5. The third kappa shape index (κ3) is 3.56. The Morgan fingerprint density at radius 3 is 3.26 bits per heavy atom. The minimum Gasteiger partial charge on any atom is -0.380 e. The molecule has 7 heteroatoms. The van der Waals surface area contributed by atoms with Gasteiger partial charge >= 0.3 is 0 Å². The average molecular weight is 285 g/mol. The van der Waals surface area contributed by atoms with E-state index in [0.717, 1.165) is 13.1 Å². The molecule has 104 valence electrons. The highest BCUT2D eigenvalue weighted by Crippen LogP contribution is 2.15. The summed E-state index contributed by atoms with van der Waals surface area (Å²) < 4.78 is 6.81. The predicted octanol–water partition coefficient (Wildman–Crippen LogP) is 0.483.